The first-order chi connectivity index (χ1) is 16.9. The highest BCUT2D eigenvalue weighted by atomic mass is 32.2. The Morgan fingerprint density at radius 3 is 1.92 bits per heavy atom. The Morgan fingerprint density at radius 1 is 0.889 bits per heavy atom. The van der Waals surface area contributed by atoms with Gasteiger partial charge in [-0.05, 0) is 61.5 Å². The third kappa shape index (κ3) is 6.17. The number of non-ortho nitro benzene ring substituents is 2. The molecule has 1 amide bonds. The fraction of sp³-hybridized carbons (Fsp3) is 0.0909. The van der Waals surface area contributed by atoms with Crippen molar-refractivity contribution < 1.29 is 23.1 Å². The molecule has 14 heteroatoms. The average Bonchev–Trinajstić information content (AvgIpc) is 2.81. The van der Waals surface area contributed by atoms with Crippen molar-refractivity contribution in [3.63, 3.8) is 0 Å². The maximum atomic E-state index is 12.8. The van der Waals surface area contributed by atoms with Gasteiger partial charge in [0.15, 0.2) is 5.11 Å². The Hall–Kier alpha value is -4.43. The van der Waals surface area contributed by atoms with Gasteiger partial charge in [0, 0.05) is 17.8 Å². The van der Waals surface area contributed by atoms with E-state index in [1.165, 1.54) is 24.3 Å². The van der Waals surface area contributed by atoms with Crippen molar-refractivity contribution in [1.82, 2.24) is 5.32 Å². The van der Waals surface area contributed by atoms with E-state index in [0.717, 1.165) is 29.3 Å². The topological polar surface area (TPSA) is 174 Å². The fourth-order valence-corrected chi connectivity index (χ4v) is 4.57. The second-order valence-corrected chi connectivity index (χ2v) is 9.65. The number of rotatable bonds is 7. The highest BCUT2D eigenvalue weighted by Gasteiger charge is 2.21. The quantitative estimate of drug-likeness (QED) is 0.232. The maximum absolute atomic E-state index is 12.8. The van der Waals surface area contributed by atoms with Gasteiger partial charge < -0.3 is 5.32 Å². The molecule has 3 rings (SSSR count). The number of sulfonamides is 1. The van der Waals surface area contributed by atoms with Crippen molar-refractivity contribution in [2.45, 2.75) is 18.7 Å². The molecule has 0 aliphatic heterocycles. The second-order valence-electron chi connectivity index (χ2n) is 7.56. The molecule has 0 saturated carbocycles. The van der Waals surface area contributed by atoms with E-state index in [1.807, 2.05) is 6.07 Å². The minimum atomic E-state index is -3.87. The standard InChI is InChI=1S/C22H19N5O7S2/c1-13-4-3-5-14(2)20(13)25-36(33,34)19-8-6-16(7-9-19)23-22(35)24-21(28)15-10-17(26(29)30)12-18(11-15)27(31)32/h3-12,25H,1-2H3,(H2,23,24,28,35). The van der Waals surface area contributed by atoms with E-state index >= 15 is 0 Å². The summed E-state index contributed by atoms with van der Waals surface area (Å²) in [5, 5.41) is 26.8. The fourth-order valence-electron chi connectivity index (χ4n) is 3.16. The van der Waals surface area contributed by atoms with E-state index in [4.69, 9.17) is 12.2 Å². The van der Waals surface area contributed by atoms with Gasteiger partial charge in [-0.15, -0.1) is 0 Å². The second kappa shape index (κ2) is 10.5. The highest BCUT2D eigenvalue weighted by molar-refractivity contribution is 7.92. The molecule has 0 bridgehead atoms. The van der Waals surface area contributed by atoms with Crippen molar-refractivity contribution >= 4 is 56.0 Å². The zero-order valence-electron chi connectivity index (χ0n) is 18.8. The van der Waals surface area contributed by atoms with Crippen LogP contribution in [0.2, 0.25) is 0 Å². The van der Waals surface area contributed by atoms with Crippen LogP contribution >= 0.6 is 12.2 Å². The lowest BCUT2D eigenvalue weighted by atomic mass is 10.1. The van der Waals surface area contributed by atoms with Gasteiger partial charge in [-0.25, -0.2) is 8.42 Å². The number of hydrogen-bond acceptors (Lipinski definition) is 8. The first-order valence-corrected chi connectivity index (χ1v) is 12.0. The number of hydrogen-bond donors (Lipinski definition) is 3. The van der Waals surface area contributed by atoms with Crippen molar-refractivity contribution in [2.24, 2.45) is 0 Å². The molecule has 0 heterocycles. The summed E-state index contributed by atoms with van der Waals surface area (Å²) in [7, 11) is -3.87. The molecular formula is C22H19N5O7S2. The molecule has 0 spiro atoms. The summed E-state index contributed by atoms with van der Waals surface area (Å²) in [5.74, 6) is -0.906. The van der Waals surface area contributed by atoms with Gasteiger partial charge in [0.1, 0.15) is 0 Å². The summed E-state index contributed by atoms with van der Waals surface area (Å²) >= 11 is 5.06. The van der Waals surface area contributed by atoms with E-state index in [2.05, 4.69) is 15.4 Å². The smallest absolute Gasteiger partial charge is 0.277 e. The Morgan fingerprint density at radius 2 is 1.42 bits per heavy atom. The Labute approximate surface area is 210 Å². The number of carbonyl (C=O) groups is 1. The highest BCUT2D eigenvalue weighted by Crippen LogP contribution is 2.25. The molecule has 3 aromatic carbocycles. The van der Waals surface area contributed by atoms with Crippen LogP contribution in [0.15, 0.2) is 65.6 Å². The average molecular weight is 530 g/mol. The van der Waals surface area contributed by atoms with Crippen LogP contribution in [0.25, 0.3) is 0 Å². The summed E-state index contributed by atoms with van der Waals surface area (Å²) in [6.07, 6.45) is 0. The lowest BCUT2D eigenvalue weighted by molar-refractivity contribution is -0.394. The third-order valence-electron chi connectivity index (χ3n) is 4.95. The first kappa shape index (κ1) is 26.2. The van der Waals surface area contributed by atoms with Crippen molar-refractivity contribution in [3.05, 3.63) is 97.6 Å². The summed E-state index contributed by atoms with van der Waals surface area (Å²) in [6, 6.07) is 13.4. The van der Waals surface area contributed by atoms with Gasteiger partial charge in [0.25, 0.3) is 27.3 Å². The van der Waals surface area contributed by atoms with Crippen molar-refractivity contribution in [3.8, 4) is 0 Å². The van der Waals surface area contributed by atoms with Gasteiger partial charge in [-0.3, -0.25) is 35.1 Å². The van der Waals surface area contributed by atoms with Crippen LogP contribution in [0.3, 0.4) is 0 Å². The Kier molecular flexibility index (Phi) is 7.60. The van der Waals surface area contributed by atoms with Gasteiger partial charge in [0.05, 0.1) is 32.1 Å². The largest absolute Gasteiger partial charge is 0.332 e. The van der Waals surface area contributed by atoms with Gasteiger partial charge in [-0.2, -0.15) is 0 Å². The zero-order chi connectivity index (χ0) is 26.6. The van der Waals surface area contributed by atoms with Crippen LogP contribution < -0.4 is 15.4 Å². The number of nitro groups is 2. The SMILES string of the molecule is Cc1cccc(C)c1NS(=O)(=O)c1ccc(NC(=S)NC(=O)c2cc([N+](=O)[O-])cc([N+](=O)[O-])c2)cc1. The van der Waals surface area contributed by atoms with Crippen LogP contribution in [-0.2, 0) is 10.0 Å². The van der Waals surface area contributed by atoms with Crippen LogP contribution in [-0.4, -0.2) is 29.3 Å². The molecule has 0 atom stereocenters. The number of amides is 1. The monoisotopic (exact) mass is 529 g/mol. The van der Waals surface area contributed by atoms with Crippen LogP contribution in [0.1, 0.15) is 21.5 Å². The number of thiocarbonyl (C=S) groups is 1. The predicted octanol–water partition coefficient (Wildman–Crippen LogP) is 4.05. The molecule has 0 unspecified atom stereocenters. The predicted molar refractivity (Wildman–Crippen MR) is 137 cm³/mol. The number of para-hydroxylation sites is 1. The van der Waals surface area contributed by atoms with Crippen LogP contribution in [0.5, 0.6) is 0 Å². The van der Waals surface area contributed by atoms with Crippen molar-refractivity contribution in [1.29, 1.82) is 0 Å². The van der Waals surface area contributed by atoms with E-state index < -0.39 is 37.2 Å². The molecule has 0 saturated heterocycles. The molecule has 0 aromatic heterocycles. The van der Waals surface area contributed by atoms with Gasteiger partial charge in [0.2, 0.25) is 0 Å². The van der Waals surface area contributed by atoms with E-state index in [9.17, 15) is 33.4 Å². The summed E-state index contributed by atoms with van der Waals surface area (Å²) in [5.41, 5.74) is 0.790. The molecule has 12 nitrogen and oxygen atoms in total. The lowest BCUT2D eigenvalue weighted by Crippen LogP contribution is -2.34. The first-order valence-electron chi connectivity index (χ1n) is 10.1. The molecule has 0 aliphatic carbocycles. The number of carbonyl (C=O) groups excluding carboxylic acids is 1. The zero-order valence-corrected chi connectivity index (χ0v) is 20.5. The molecular weight excluding hydrogens is 510 g/mol. The summed E-state index contributed by atoms with van der Waals surface area (Å²) < 4.78 is 28.1. The maximum Gasteiger partial charge on any atom is 0.277 e. The molecule has 3 N–H and O–H groups in total. The molecule has 0 fully saturated rings. The minimum Gasteiger partial charge on any atom is -0.332 e. The van der Waals surface area contributed by atoms with E-state index in [-0.39, 0.29) is 15.6 Å². The van der Waals surface area contributed by atoms with Crippen LogP contribution in [0, 0.1) is 34.1 Å². The summed E-state index contributed by atoms with van der Waals surface area (Å²) in [6.45, 7) is 3.58. The van der Waals surface area contributed by atoms with Crippen LogP contribution in [0.4, 0.5) is 22.7 Å². The summed E-state index contributed by atoms with van der Waals surface area (Å²) in [4.78, 5) is 32.7. The van der Waals surface area contributed by atoms with Gasteiger partial charge >= 0.3 is 0 Å². The molecule has 0 aliphatic rings. The van der Waals surface area contributed by atoms with Gasteiger partial charge in [-0.1, -0.05) is 18.2 Å². The number of benzene rings is 3. The molecule has 0 radical (unpaired) electrons. The number of aryl methyl sites for hydroxylation is 2. The Balaban J connectivity index is 1.70. The molecule has 36 heavy (non-hydrogen) atoms. The number of nitrogens with zero attached hydrogens (tertiary/aromatic N) is 2. The van der Waals surface area contributed by atoms with E-state index in [0.29, 0.717) is 11.4 Å². The number of anilines is 2. The minimum absolute atomic E-state index is 0.00504. The number of nitro benzene ring substituents is 2. The lowest BCUT2D eigenvalue weighted by Gasteiger charge is -2.14. The molecule has 186 valence electrons. The third-order valence-corrected chi connectivity index (χ3v) is 6.52. The molecule has 3 aromatic rings. The Bertz CT molecular complexity index is 1440. The van der Waals surface area contributed by atoms with E-state index in [1.54, 1.807) is 26.0 Å². The van der Waals surface area contributed by atoms with Crippen molar-refractivity contribution in [2.75, 3.05) is 10.0 Å². The normalized spacial score (nSPS) is 10.8. The number of nitrogens with one attached hydrogen (secondary N) is 3.